The second-order valence-corrected chi connectivity index (χ2v) is 10.0. The number of halogens is 4. The van der Waals surface area contributed by atoms with Crippen LogP contribution in [0, 0.1) is 23.6 Å². The van der Waals surface area contributed by atoms with Crippen LogP contribution in [0.4, 0.5) is 17.6 Å². The van der Waals surface area contributed by atoms with Crippen molar-refractivity contribution in [2.45, 2.75) is 83.2 Å². The molecular weight excluding hydrogens is 412 g/mol. The quantitative estimate of drug-likeness (QED) is 0.306. The van der Waals surface area contributed by atoms with Crippen molar-refractivity contribution in [2.24, 2.45) is 17.8 Å². The molecule has 0 aliphatic heterocycles. The highest BCUT2D eigenvalue weighted by Crippen LogP contribution is 2.48. The van der Waals surface area contributed by atoms with Gasteiger partial charge in [-0.05, 0) is 85.1 Å². The summed E-state index contributed by atoms with van der Waals surface area (Å²) < 4.78 is 53.3. The molecule has 1 unspecified atom stereocenters. The van der Waals surface area contributed by atoms with E-state index in [1.54, 1.807) is 12.1 Å². The summed E-state index contributed by atoms with van der Waals surface area (Å²) in [7, 11) is 0. The monoisotopic (exact) mass is 446 g/mol. The Balaban J connectivity index is 1.39. The summed E-state index contributed by atoms with van der Waals surface area (Å²) in [6, 6.07) is 10.1. The summed E-state index contributed by atoms with van der Waals surface area (Å²) in [4.78, 5) is 0. The molecule has 0 saturated heterocycles. The van der Waals surface area contributed by atoms with Gasteiger partial charge in [0.2, 0.25) is 0 Å². The maximum atomic E-state index is 14.9. The first kappa shape index (κ1) is 23.3. The van der Waals surface area contributed by atoms with Crippen LogP contribution in [-0.2, 0) is 6.18 Å². The maximum Gasteiger partial charge on any atom is 0.416 e. The summed E-state index contributed by atoms with van der Waals surface area (Å²) in [5.74, 6) is 2.55. The lowest BCUT2D eigenvalue weighted by molar-refractivity contribution is -0.137. The lowest BCUT2D eigenvalue weighted by Gasteiger charge is -2.42. The van der Waals surface area contributed by atoms with Crippen molar-refractivity contribution in [3.05, 3.63) is 59.4 Å². The van der Waals surface area contributed by atoms with Gasteiger partial charge in [-0.2, -0.15) is 13.2 Å². The Morgan fingerprint density at radius 1 is 0.844 bits per heavy atom. The first-order valence-electron chi connectivity index (χ1n) is 12.3. The molecule has 0 nitrogen and oxygen atoms in total. The maximum absolute atomic E-state index is 14.9. The van der Waals surface area contributed by atoms with Gasteiger partial charge in [0, 0.05) is 5.56 Å². The third-order valence-corrected chi connectivity index (χ3v) is 7.93. The predicted octanol–water partition coefficient (Wildman–Crippen LogP) is 9.39. The van der Waals surface area contributed by atoms with Crippen molar-refractivity contribution in [3.63, 3.8) is 0 Å². The van der Waals surface area contributed by atoms with E-state index in [2.05, 4.69) is 6.92 Å². The number of unbranched alkanes of at least 4 members (excludes halogenated alkanes) is 2. The molecule has 0 spiro atoms. The number of hydrogen-bond acceptors (Lipinski definition) is 0. The first-order valence-corrected chi connectivity index (χ1v) is 12.3. The fraction of sp³-hybridized carbons (Fsp3) is 0.571. The fourth-order valence-electron chi connectivity index (χ4n) is 6.09. The predicted molar refractivity (Wildman–Crippen MR) is 122 cm³/mol. The zero-order valence-electron chi connectivity index (χ0n) is 18.9. The lowest BCUT2D eigenvalue weighted by atomic mass is 9.63. The Labute approximate surface area is 189 Å². The van der Waals surface area contributed by atoms with Crippen LogP contribution in [0.1, 0.15) is 88.2 Å². The Kier molecular flexibility index (Phi) is 7.27. The molecule has 32 heavy (non-hydrogen) atoms. The molecule has 0 amide bonds. The molecule has 2 aliphatic carbocycles. The van der Waals surface area contributed by atoms with Gasteiger partial charge in [0.05, 0.1) is 5.56 Å². The van der Waals surface area contributed by atoms with Crippen LogP contribution in [0.5, 0.6) is 0 Å². The third kappa shape index (κ3) is 5.38. The topological polar surface area (TPSA) is 0 Å². The van der Waals surface area contributed by atoms with Crippen molar-refractivity contribution in [2.75, 3.05) is 0 Å². The van der Waals surface area contributed by atoms with Crippen LogP contribution >= 0.6 is 0 Å². The van der Waals surface area contributed by atoms with E-state index in [0.29, 0.717) is 17.0 Å². The molecule has 0 aromatic heterocycles. The van der Waals surface area contributed by atoms with E-state index >= 15 is 0 Å². The van der Waals surface area contributed by atoms with Gasteiger partial charge in [-0.3, -0.25) is 0 Å². The average Bonchev–Trinajstić information content (AvgIpc) is 2.78. The Morgan fingerprint density at radius 3 is 2.25 bits per heavy atom. The molecule has 2 aliphatic rings. The SMILES string of the molecule is CCCCCC1CC[C@@H]2C[C@H](c3ccc(-c4ccc(C(F)(F)F)cc4)c(F)c3)CC[C@@H]2C1. The Bertz CT molecular complexity index is 883. The minimum Gasteiger partial charge on any atom is -0.206 e. The van der Waals surface area contributed by atoms with E-state index < -0.39 is 11.7 Å². The van der Waals surface area contributed by atoms with Gasteiger partial charge >= 0.3 is 6.18 Å². The lowest BCUT2D eigenvalue weighted by Crippen LogP contribution is -2.30. The zero-order chi connectivity index (χ0) is 22.7. The highest BCUT2D eigenvalue weighted by Gasteiger charge is 2.36. The van der Waals surface area contributed by atoms with E-state index in [4.69, 9.17) is 0 Å². The van der Waals surface area contributed by atoms with Crippen molar-refractivity contribution >= 4 is 0 Å². The average molecular weight is 447 g/mol. The first-order chi connectivity index (χ1) is 15.3. The normalized spacial score (nSPS) is 26.0. The number of alkyl halides is 3. The summed E-state index contributed by atoms with van der Waals surface area (Å²) in [6.45, 7) is 2.26. The smallest absolute Gasteiger partial charge is 0.206 e. The minimum atomic E-state index is -4.38. The highest BCUT2D eigenvalue weighted by molar-refractivity contribution is 5.65. The zero-order valence-corrected chi connectivity index (χ0v) is 18.9. The Hall–Kier alpha value is -1.84. The molecule has 2 fully saturated rings. The fourth-order valence-corrected chi connectivity index (χ4v) is 6.09. The van der Waals surface area contributed by atoms with Crippen LogP contribution in [0.15, 0.2) is 42.5 Å². The van der Waals surface area contributed by atoms with Crippen molar-refractivity contribution < 1.29 is 17.6 Å². The van der Waals surface area contributed by atoms with Gasteiger partial charge in [0.25, 0.3) is 0 Å². The summed E-state index contributed by atoms with van der Waals surface area (Å²) in [5.41, 5.74) is 1.17. The van der Waals surface area contributed by atoms with Crippen molar-refractivity contribution in [1.82, 2.24) is 0 Å². The Morgan fingerprint density at radius 2 is 1.56 bits per heavy atom. The molecule has 4 atom stereocenters. The van der Waals surface area contributed by atoms with Crippen LogP contribution in [0.2, 0.25) is 0 Å². The largest absolute Gasteiger partial charge is 0.416 e. The van der Waals surface area contributed by atoms with Crippen LogP contribution in [0.3, 0.4) is 0 Å². The van der Waals surface area contributed by atoms with E-state index in [9.17, 15) is 17.6 Å². The standard InChI is InChI=1S/C28H34F4/c1-2-3-4-5-19-6-7-22-17-23(9-8-21(22)16-19)24-12-15-26(27(29)18-24)20-10-13-25(14-11-20)28(30,31)32/h10-15,18-19,21-23H,2-9,16-17H2,1H3/t19?,21-,22-,23-/m1/s1. The summed E-state index contributed by atoms with van der Waals surface area (Å²) in [6.07, 6.45) is 8.53. The molecule has 2 aromatic rings. The minimum absolute atomic E-state index is 0.344. The molecule has 0 radical (unpaired) electrons. The second kappa shape index (κ2) is 9.97. The molecule has 174 valence electrons. The highest BCUT2D eigenvalue weighted by atomic mass is 19.4. The molecule has 0 bridgehead atoms. The molecule has 4 heteroatoms. The van der Waals surface area contributed by atoms with Crippen molar-refractivity contribution in [3.8, 4) is 11.1 Å². The van der Waals surface area contributed by atoms with Crippen LogP contribution in [-0.4, -0.2) is 0 Å². The van der Waals surface area contributed by atoms with E-state index in [1.807, 2.05) is 6.07 Å². The second-order valence-electron chi connectivity index (χ2n) is 10.0. The van der Waals surface area contributed by atoms with E-state index in [1.165, 1.54) is 63.5 Å². The number of fused-ring (bicyclic) bond motifs is 1. The van der Waals surface area contributed by atoms with Gasteiger partial charge in [-0.15, -0.1) is 0 Å². The summed E-state index contributed by atoms with van der Waals surface area (Å²) in [5, 5.41) is 0. The molecule has 0 heterocycles. The summed E-state index contributed by atoms with van der Waals surface area (Å²) >= 11 is 0. The molecule has 2 saturated carbocycles. The van der Waals surface area contributed by atoms with E-state index in [0.717, 1.165) is 48.3 Å². The van der Waals surface area contributed by atoms with Gasteiger partial charge in [0.15, 0.2) is 0 Å². The van der Waals surface area contributed by atoms with Gasteiger partial charge < -0.3 is 0 Å². The molecule has 0 N–H and O–H groups in total. The van der Waals surface area contributed by atoms with Crippen LogP contribution in [0.25, 0.3) is 11.1 Å². The van der Waals surface area contributed by atoms with Crippen LogP contribution < -0.4 is 0 Å². The molecule has 4 rings (SSSR count). The number of rotatable bonds is 6. The molecule has 2 aromatic carbocycles. The molecular formula is C28H34F4. The van der Waals surface area contributed by atoms with Gasteiger partial charge in [-0.25, -0.2) is 4.39 Å². The van der Waals surface area contributed by atoms with Gasteiger partial charge in [-0.1, -0.05) is 63.3 Å². The third-order valence-electron chi connectivity index (χ3n) is 7.93. The number of hydrogen-bond donors (Lipinski definition) is 0. The van der Waals surface area contributed by atoms with Crippen molar-refractivity contribution in [1.29, 1.82) is 0 Å². The van der Waals surface area contributed by atoms with E-state index in [-0.39, 0.29) is 5.82 Å². The number of benzene rings is 2. The van der Waals surface area contributed by atoms with Gasteiger partial charge in [0.1, 0.15) is 5.82 Å².